The van der Waals surface area contributed by atoms with Crippen molar-refractivity contribution in [3.63, 3.8) is 0 Å². The number of carbonyl (C=O) groups is 1. The molecule has 0 aromatic carbocycles. The number of carbonyl (C=O) groups excluding carboxylic acids is 1. The largest absolute Gasteiger partial charge is 0.462 e. The maximum Gasteiger partial charge on any atom is 0.306 e. The van der Waals surface area contributed by atoms with Crippen LogP contribution in [0.2, 0.25) is 0 Å². The minimum Gasteiger partial charge on any atom is -0.462 e. The lowest BCUT2D eigenvalue weighted by Gasteiger charge is -2.14. The van der Waals surface area contributed by atoms with Crippen LogP contribution in [-0.4, -0.2) is 35.0 Å². The first-order valence-electron chi connectivity index (χ1n) is 4.20. The number of esters is 1. The van der Waals surface area contributed by atoms with Gasteiger partial charge in [0.2, 0.25) is 0 Å². The van der Waals surface area contributed by atoms with Gasteiger partial charge < -0.3 is 14.9 Å². The fraction of sp³-hybridized carbons (Fsp3) is 0.875. The normalized spacial score (nSPS) is 46.0. The average Bonchev–Trinajstić information content (AvgIpc) is 2.43. The Labute approximate surface area is 70.1 Å². The molecule has 0 aromatic heterocycles. The second-order valence-corrected chi connectivity index (χ2v) is 3.55. The minimum atomic E-state index is -0.502. The molecule has 1 heterocycles. The van der Waals surface area contributed by atoms with E-state index in [1.807, 2.05) is 0 Å². The molecule has 4 atom stereocenters. The predicted molar refractivity (Wildman–Crippen MR) is 39.2 cm³/mol. The summed E-state index contributed by atoms with van der Waals surface area (Å²) in [6.07, 6.45) is 0.192. The average molecular weight is 172 g/mol. The van der Waals surface area contributed by atoms with Crippen molar-refractivity contribution in [3.05, 3.63) is 0 Å². The van der Waals surface area contributed by atoms with Gasteiger partial charge in [-0.2, -0.15) is 0 Å². The van der Waals surface area contributed by atoms with Crippen molar-refractivity contribution in [3.8, 4) is 0 Å². The van der Waals surface area contributed by atoms with E-state index in [1.165, 1.54) is 0 Å². The van der Waals surface area contributed by atoms with E-state index in [4.69, 9.17) is 9.84 Å². The maximum atomic E-state index is 10.8. The molecule has 1 aliphatic heterocycles. The van der Waals surface area contributed by atoms with E-state index in [9.17, 15) is 9.90 Å². The van der Waals surface area contributed by atoms with Crippen molar-refractivity contribution < 1.29 is 19.7 Å². The van der Waals surface area contributed by atoms with Crippen LogP contribution in [0.3, 0.4) is 0 Å². The zero-order valence-corrected chi connectivity index (χ0v) is 6.64. The summed E-state index contributed by atoms with van der Waals surface area (Å²) in [6, 6.07) is 0. The summed E-state index contributed by atoms with van der Waals surface area (Å²) in [5, 5.41) is 18.4. The third kappa shape index (κ3) is 1.03. The molecule has 2 aliphatic rings. The molecular weight excluding hydrogens is 160 g/mol. The van der Waals surface area contributed by atoms with Gasteiger partial charge in [0.1, 0.15) is 6.10 Å². The Kier molecular flexibility index (Phi) is 1.81. The Morgan fingerprint density at radius 1 is 1.58 bits per heavy atom. The summed E-state index contributed by atoms with van der Waals surface area (Å²) < 4.78 is 4.98. The van der Waals surface area contributed by atoms with E-state index in [-0.39, 0.29) is 30.5 Å². The van der Waals surface area contributed by atoms with Gasteiger partial charge in [0, 0.05) is 24.9 Å². The Morgan fingerprint density at radius 2 is 2.33 bits per heavy atom. The van der Waals surface area contributed by atoms with Crippen molar-refractivity contribution in [2.24, 2.45) is 11.8 Å². The number of rotatable bonds is 1. The molecule has 0 amide bonds. The topological polar surface area (TPSA) is 66.8 Å². The van der Waals surface area contributed by atoms with Crippen molar-refractivity contribution in [1.82, 2.24) is 0 Å². The maximum absolute atomic E-state index is 10.8. The summed E-state index contributed by atoms with van der Waals surface area (Å²) in [5.41, 5.74) is 0. The van der Waals surface area contributed by atoms with Crippen LogP contribution >= 0.6 is 0 Å². The molecule has 0 aromatic rings. The van der Waals surface area contributed by atoms with Crippen LogP contribution in [0.4, 0.5) is 0 Å². The molecule has 1 saturated carbocycles. The SMILES string of the molecule is O=C1CC2[C@H](C[C@@H](O)[C@@H]2CO)O1. The highest BCUT2D eigenvalue weighted by molar-refractivity contribution is 5.72. The Balaban J connectivity index is 2.11. The van der Waals surface area contributed by atoms with Gasteiger partial charge in [0.15, 0.2) is 0 Å². The molecule has 0 spiro atoms. The molecule has 4 heteroatoms. The molecule has 4 nitrogen and oxygen atoms in total. The molecule has 12 heavy (non-hydrogen) atoms. The van der Waals surface area contributed by atoms with E-state index in [0.717, 1.165) is 0 Å². The number of aliphatic hydroxyl groups excluding tert-OH is 2. The van der Waals surface area contributed by atoms with Gasteiger partial charge >= 0.3 is 5.97 Å². The van der Waals surface area contributed by atoms with Crippen molar-refractivity contribution in [1.29, 1.82) is 0 Å². The fourth-order valence-electron chi connectivity index (χ4n) is 2.23. The Hall–Kier alpha value is -0.610. The van der Waals surface area contributed by atoms with Gasteiger partial charge in [-0.05, 0) is 0 Å². The summed E-state index contributed by atoms with van der Waals surface area (Å²) in [4.78, 5) is 10.8. The smallest absolute Gasteiger partial charge is 0.306 e. The standard InChI is InChI=1S/C8H12O4/c9-3-5-4-1-8(11)12-7(4)2-6(5)10/h4-7,9-10H,1-3H2/t4?,5-,6-,7+/m1/s1. The molecule has 1 unspecified atom stereocenters. The number of aliphatic hydroxyl groups is 2. The molecule has 2 fully saturated rings. The summed E-state index contributed by atoms with van der Waals surface area (Å²) in [5.74, 6) is -0.325. The third-order valence-electron chi connectivity index (χ3n) is 2.89. The van der Waals surface area contributed by atoms with E-state index in [2.05, 4.69) is 0 Å². The number of hydrogen-bond donors (Lipinski definition) is 2. The van der Waals surface area contributed by atoms with Crippen LogP contribution in [0, 0.1) is 11.8 Å². The second-order valence-electron chi connectivity index (χ2n) is 3.55. The first-order chi connectivity index (χ1) is 5.72. The summed E-state index contributed by atoms with van der Waals surface area (Å²) in [7, 11) is 0. The lowest BCUT2D eigenvalue weighted by atomic mass is 9.93. The minimum absolute atomic E-state index is 0.0394. The van der Waals surface area contributed by atoms with Gasteiger partial charge in [-0.3, -0.25) is 4.79 Å². The lowest BCUT2D eigenvalue weighted by molar-refractivity contribution is -0.141. The van der Waals surface area contributed by atoms with E-state index in [1.54, 1.807) is 0 Å². The molecule has 0 bridgehead atoms. The quantitative estimate of drug-likeness (QED) is 0.513. The fourth-order valence-corrected chi connectivity index (χ4v) is 2.23. The van der Waals surface area contributed by atoms with E-state index < -0.39 is 6.10 Å². The summed E-state index contributed by atoms with van der Waals surface area (Å²) in [6.45, 7) is -0.0566. The molecule has 2 rings (SSSR count). The van der Waals surface area contributed by atoms with Gasteiger partial charge in [-0.15, -0.1) is 0 Å². The molecule has 68 valence electrons. The van der Waals surface area contributed by atoms with Gasteiger partial charge in [0.05, 0.1) is 12.5 Å². The predicted octanol–water partition coefficient (Wildman–Crippen LogP) is -0.709. The van der Waals surface area contributed by atoms with Crippen molar-refractivity contribution in [2.75, 3.05) is 6.61 Å². The molecule has 2 N–H and O–H groups in total. The van der Waals surface area contributed by atoms with Crippen molar-refractivity contribution >= 4 is 5.97 Å². The van der Waals surface area contributed by atoms with Crippen LogP contribution < -0.4 is 0 Å². The Morgan fingerprint density at radius 3 is 3.00 bits per heavy atom. The number of ether oxygens (including phenoxy) is 1. The lowest BCUT2D eigenvalue weighted by Crippen LogP contribution is -2.23. The summed E-state index contributed by atoms with van der Waals surface area (Å²) >= 11 is 0. The second kappa shape index (κ2) is 2.71. The van der Waals surface area contributed by atoms with E-state index >= 15 is 0 Å². The van der Waals surface area contributed by atoms with Crippen LogP contribution in [0.5, 0.6) is 0 Å². The van der Waals surface area contributed by atoms with Crippen LogP contribution in [0.1, 0.15) is 12.8 Å². The van der Waals surface area contributed by atoms with E-state index in [0.29, 0.717) is 12.8 Å². The number of fused-ring (bicyclic) bond motifs is 1. The highest BCUT2D eigenvalue weighted by Crippen LogP contribution is 2.40. The molecule has 0 radical (unpaired) electrons. The molecular formula is C8H12O4. The number of hydrogen-bond acceptors (Lipinski definition) is 4. The van der Waals surface area contributed by atoms with Gasteiger partial charge in [-0.1, -0.05) is 0 Å². The van der Waals surface area contributed by atoms with Crippen molar-refractivity contribution in [2.45, 2.75) is 25.0 Å². The Bertz CT molecular complexity index is 203. The highest BCUT2D eigenvalue weighted by Gasteiger charge is 2.49. The highest BCUT2D eigenvalue weighted by atomic mass is 16.6. The van der Waals surface area contributed by atoms with Gasteiger partial charge in [0.25, 0.3) is 0 Å². The first-order valence-corrected chi connectivity index (χ1v) is 4.20. The zero-order valence-electron chi connectivity index (χ0n) is 6.64. The monoisotopic (exact) mass is 172 g/mol. The zero-order chi connectivity index (χ0) is 8.72. The third-order valence-corrected chi connectivity index (χ3v) is 2.89. The van der Waals surface area contributed by atoms with Crippen LogP contribution in [-0.2, 0) is 9.53 Å². The van der Waals surface area contributed by atoms with Crippen LogP contribution in [0.25, 0.3) is 0 Å². The molecule has 1 saturated heterocycles. The molecule has 1 aliphatic carbocycles. The van der Waals surface area contributed by atoms with Crippen LogP contribution in [0.15, 0.2) is 0 Å². The van der Waals surface area contributed by atoms with Gasteiger partial charge in [-0.25, -0.2) is 0 Å². The first kappa shape index (κ1) is 8.01.